The summed E-state index contributed by atoms with van der Waals surface area (Å²) in [5.41, 5.74) is 4.86. The van der Waals surface area contributed by atoms with Gasteiger partial charge < -0.3 is 5.32 Å². The van der Waals surface area contributed by atoms with Crippen molar-refractivity contribution in [2.45, 2.75) is 26.4 Å². The average molecular weight is 407 g/mol. The van der Waals surface area contributed by atoms with E-state index in [2.05, 4.69) is 10.3 Å². The third kappa shape index (κ3) is 3.02. The van der Waals surface area contributed by atoms with Crippen molar-refractivity contribution in [3.05, 3.63) is 48.2 Å². The van der Waals surface area contributed by atoms with Gasteiger partial charge in [-0.25, -0.2) is 9.37 Å². The Balaban J connectivity index is 1.56. The quantitative estimate of drug-likeness (QED) is 0.509. The maximum Gasteiger partial charge on any atom is 0.232 e. The fourth-order valence-corrected chi connectivity index (χ4v) is 4.66. The smallest absolute Gasteiger partial charge is 0.232 e. The maximum absolute atomic E-state index is 13.1. The Morgan fingerprint density at radius 1 is 1.24 bits per heavy atom. The van der Waals surface area contributed by atoms with Gasteiger partial charge in [0.1, 0.15) is 6.17 Å². The molecule has 0 bridgehead atoms. The zero-order valence-corrected chi connectivity index (χ0v) is 16.7. The number of fused-ring (bicyclic) bond motifs is 2. The molecule has 5 rings (SSSR count). The van der Waals surface area contributed by atoms with Crippen molar-refractivity contribution < 1.29 is 14.0 Å². The van der Waals surface area contributed by atoms with Gasteiger partial charge in [-0.2, -0.15) is 0 Å². The second kappa shape index (κ2) is 6.49. The summed E-state index contributed by atoms with van der Waals surface area (Å²) in [4.78, 5) is 28.3. The summed E-state index contributed by atoms with van der Waals surface area (Å²) in [6.07, 6.45) is 1.07. The number of benzene rings is 2. The molecular formula is C22H18FN3O2S. The van der Waals surface area contributed by atoms with Crippen molar-refractivity contribution in [1.82, 2.24) is 9.55 Å². The van der Waals surface area contributed by atoms with Crippen molar-refractivity contribution in [2.24, 2.45) is 5.92 Å². The fourth-order valence-electron chi connectivity index (χ4n) is 3.75. The summed E-state index contributed by atoms with van der Waals surface area (Å²) in [5.74, 6) is -0.870. The Morgan fingerprint density at radius 3 is 2.76 bits per heavy atom. The fraction of sp³-hybridized carbons (Fsp3) is 0.227. The van der Waals surface area contributed by atoms with Crippen LogP contribution in [0.4, 0.5) is 9.52 Å². The highest BCUT2D eigenvalue weighted by molar-refractivity contribution is 7.22. The number of nitrogens with one attached hydrogen (secondary N) is 1. The van der Waals surface area contributed by atoms with Crippen LogP contribution in [0.15, 0.2) is 42.6 Å². The number of carbonyl (C=O) groups is 2. The molecule has 1 amide bonds. The molecule has 2 aromatic carbocycles. The molecule has 7 heteroatoms. The topological polar surface area (TPSA) is 64.0 Å². The van der Waals surface area contributed by atoms with E-state index in [4.69, 9.17) is 0 Å². The van der Waals surface area contributed by atoms with E-state index in [-0.39, 0.29) is 11.8 Å². The lowest BCUT2D eigenvalue weighted by molar-refractivity contribution is -0.117. The van der Waals surface area contributed by atoms with Gasteiger partial charge in [0.05, 0.1) is 21.7 Å². The number of thiazole rings is 1. The molecule has 1 N–H and O–H groups in total. The van der Waals surface area contributed by atoms with E-state index in [0.29, 0.717) is 11.6 Å². The van der Waals surface area contributed by atoms with E-state index in [0.717, 1.165) is 37.8 Å². The summed E-state index contributed by atoms with van der Waals surface area (Å²) in [6, 6.07) is 11.9. The Bertz CT molecular complexity index is 1310. The molecule has 29 heavy (non-hydrogen) atoms. The van der Waals surface area contributed by atoms with Gasteiger partial charge in [-0.1, -0.05) is 23.5 Å². The van der Waals surface area contributed by atoms with Crippen LogP contribution in [0.25, 0.3) is 32.2 Å². The molecular weight excluding hydrogens is 389 g/mol. The highest BCUT2D eigenvalue weighted by Crippen LogP contribution is 2.38. The summed E-state index contributed by atoms with van der Waals surface area (Å²) in [6.45, 7) is 3.59. The van der Waals surface area contributed by atoms with Gasteiger partial charge in [-0.05, 0) is 54.3 Å². The lowest BCUT2D eigenvalue weighted by Crippen LogP contribution is -2.14. The number of nitrogens with zero attached hydrogens (tertiary/aromatic N) is 2. The van der Waals surface area contributed by atoms with E-state index in [1.54, 1.807) is 17.7 Å². The molecule has 0 spiro atoms. The lowest BCUT2D eigenvalue weighted by atomic mass is 9.97. The summed E-state index contributed by atoms with van der Waals surface area (Å²) in [5, 5.41) is 4.23. The maximum atomic E-state index is 13.1. The normalized spacial score (nSPS) is 18.3. The number of rotatable bonds is 3. The number of carbonyl (C=O) groups excluding carboxylic acids is 2. The van der Waals surface area contributed by atoms with Crippen LogP contribution >= 0.6 is 11.3 Å². The molecule has 2 atom stereocenters. The van der Waals surface area contributed by atoms with Crippen LogP contribution in [-0.4, -0.2) is 27.5 Å². The Hall–Kier alpha value is -3.06. The third-order valence-electron chi connectivity index (χ3n) is 5.38. The van der Waals surface area contributed by atoms with Gasteiger partial charge in [0.2, 0.25) is 11.8 Å². The first-order chi connectivity index (χ1) is 13.9. The predicted octanol–water partition coefficient (Wildman–Crippen LogP) is 5.18. The van der Waals surface area contributed by atoms with E-state index >= 15 is 0 Å². The predicted molar refractivity (Wildman–Crippen MR) is 113 cm³/mol. The molecule has 0 radical (unpaired) electrons. The Labute approximate surface area is 170 Å². The number of aryl methyl sites for hydroxylation is 1. The number of hydrogen-bond acceptors (Lipinski definition) is 4. The Morgan fingerprint density at radius 2 is 2.03 bits per heavy atom. The highest BCUT2D eigenvalue weighted by atomic mass is 32.1. The molecule has 1 aliphatic rings. The second-order valence-corrected chi connectivity index (χ2v) is 8.47. The van der Waals surface area contributed by atoms with Crippen molar-refractivity contribution >= 4 is 49.4 Å². The van der Waals surface area contributed by atoms with Crippen LogP contribution in [0.3, 0.4) is 0 Å². The molecule has 2 heterocycles. The van der Waals surface area contributed by atoms with Crippen LogP contribution < -0.4 is 5.32 Å². The summed E-state index contributed by atoms with van der Waals surface area (Å²) in [7, 11) is 0. The van der Waals surface area contributed by atoms with Crippen LogP contribution in [0.2, 0.25) is 0 Å². The van der Waals surface area contributed by atoms with Crippen molar-refractivity contribution in [2.75, 3.05) is 5.32 Å². The van der Waals surface area contributed by atoms with Crippen LogP contribution in [0.5, 0.6) is 0 Å². The molecule has 2 aromatic heterocycles. The van der Waals surface area contributed by atoms with Crippen molar-refractivity contribution in [3.8, 4) is 11.1 Å². The number of amides is 1. The first kappa shape index (κ1) is 18.0. The lowest BCUT2D eigenvalue weighted by Gasteiger charge is -2.09. The van der Waals surface area contributed by atoms with Crippen molar-refractivity contribution in [1.29, 1.82) is 0 Å². The van der Waals surface area contributed by atoms with E-state index in [1.165, 1.54) is 11.3 Å². The van der Waals surface area contributed by atoms with Gasteiger partial charge in [-0.15, -0.1) is 0 Å². The SMILES string of the molecule is CC(=O)n1ccc2c(-c3ccc4nc(NC(=O)C5CC5F)sc4c3)c(C)ccc21. The number of aromatic nitrogens is 2. The second-order valence-electron chi connectivity index (χ2n) is 7.44. The largest absolute Gasteiger partial charge is 0.302 e. The minimum Gasteiger partial charge on any atom is -0.302 e. The van der Waals surface area contributed by atoms with Crippen LogP contribution in [0.1, 0.15) is 23.7 Å². The molecule has 1 fully saturated rings. The molecule has 1 aliphatic carbocycles. The summed E-state index contributed by atoms with van der Waals surface area (Å²) >= 11 is 1.38. The Kier molecular flexibility index (Phi) is 4.03. The van der Waals surface area contributed by atoms with Gasteiger partial charge in [0.15, 0.2) is 5.13 Å². The molecule has 0 aliphatic heterocycles. The van der Waals surface area contributed by atoms with Crippen molar-refractivity contribution in [3.63, 3.8) is 0 Å². The average Bonchev–Trinajstić information content (AvgIpc) is 3.09. The van der Waals surface area contributed by atoms with E-state index in [1.807, 2.05) is 43.3 Å². The zero-order chi connectivity index (χ0) is 20.3. The number of halogens is 1. The van der Waals surface area contributed by atoms with E-state index in [9.17, 15) is 14.0 Å². The molecule has 0 saturated heterocycles. The van der Waals surface area contributed by atoms with Gasteiger partial charge >= 0.3 is 0 Å². The van der Waals surface area contributed by atoms with Gasteiger partial charge in [0, 0.05) is 18.5 Å². The van der Waals surface area contributed by atoms with Gasteiger partial charge in [0.25, 0.3) is 0 Å². The number of anilines is 1. The summed E-state index contributed by atoms with van der Waals surface area (Å²) < 4.78 is 15.7. The monoisotopic (exact) mass is 407 g/mol. The first-order valence-electron chi connectivity index (χ1n) is 9.40. The molecule has 1 saturated carbocycles. The van der Waals surface area contributed by atoms with E-state index < -0.39 is 12.1 Å². The first-order valence-corrected chi connectivity index (χ1v) is 10.2. The molecule has 146 valence electrons. The minimum absolute atomic E-state index is 0.0284. The minimum atomic E-state index is -1.03. The molecule has 4 aromatic rings. The zero-order valence-electron chi connectivity index (χ0n) is 15.9. The highest BCUT2D eigenvalue weighted by Gasteiger charge is 2.43. The number of alkyl halides is 1. The number of hydrogen-bond donors (Lipinski definition) is 1. The standard InChI is InChI=1S/C22H18FN3O2S/c1-11-3-6-18-14(7-8-26(18)12(2)27)20(11)13-4-5-17-19(9-13)29-22(24-17)25-21(28)15-10-16(15)23/h3-9,15-16H,10H2,1-2H3,(H,24,25,28). The third-order valence-corrected chi connectivity index (χ3v) is 6.31. The molecule has 2 unspecified atom stereocenters. The van der Waals surface area contributed by atoms with Crippen LogP contribution in [-0.2, 0) is 4.79 Å². The van der Waals surface area contributed by atoms with Gasteiger partial charge in [-0.3, -0.25) is 14.2 Å². The molecule has 5 nitrogen and oxygen atoms in total. The van der Waals surface area contributed by atoms with Crippen LogP contribution in [0, 0.1) is 12.8 Å².